The Labute approximate surface area is 98.5 Å². The zero-order valence-corrected chi connectivity index (χ0v) is 10.2. The molecule has 5 heteroatoms. The third kappa shape index (κ3) is 3.34. The molecule has 0 spiro atoms. The number of amides is 1. The van der Waals surface area contributed by atoms with Crippen LogP contribution in [0.1, 0.15) is 27.9 Å². The second-order valence-electron chi connectivity index (χ2n) is 3.53. The van der Waals surface area contributed by atoms with Crippen LogP contribution in [0, 0.1) is 6.92 Å². The van der Waals surface area contributed by atoms with Gasteiger partial charge in [-0.2, -0.15) is 0 Å². The zero-order valence-electron chi connectivity index (χ0n) is 9.40. The Morgan fingerprint density at radius 1 is 1.44 bits per heavy atom. The number of carbonyl (C=O) groups excluding carboxylic acids is 1. The molecule has 1 amide bonds. The van der Waals surface area contributed by atoms with E-state index in [1.165, 1.54) is 16.2 Å². The van der Waals surface area contributed by atoms with Crippen LogP contribution in [-0.4, -0.2) is 35.0 Å². The van der Waals surface area contributed by atoms with Crippen LogP contribution in [-0.2, 0) is 4.79 Å². The summed E-state index contributed by atoms with van der Waals surface area (Å²) in [6, 6.07) is 3.61. The van der Waals surface area contributed by atoms with Crippen LogP contribution in [0.3, 0.4) is 0 Å². The number of nitrogens with zero attached hydrogens (tertiary/aromatic N) is 1. The maximum atomic E-state index is 12.0. The normalized spacial score (nSPS) is 10.1. The number of hydrogen-bond donors (Lipinski definition) is 1. The molecule has 1 aromatic heterocycles. The maximum absolute atomic E-state index is 12.0. The molecule has 0 saturated carbocycles. The number of carboxylic acids is 1. The van der Waals surface area contributed by atoms with Crippen molar-refractivity contribution in [2.24, 2.45) is 0 Å². The van der Waals surface area contributed by atoms with Gasteiger partial charge in [0.25, 0.3) is 5.91 Å². The van der Waals surface area contributed by atoms with E-state index in [1.807, 2.05) is 19.9 Å². The van der Waals surface area contributed by atoms with Gasteiger partial charge in [0.05, 0.1) is 4.88 Å². The first-order valence-electron chi connectivity index (χ1n) is 5.12. The summed E-state index contributed by atoms with van der Waals surface area (Å²) in [4.78, 5) is 25.6. The summed E-state index contributed by atoms with van der Waals surface area (Å²) in [6.45, 7) is 4.08. The summed E-state index contributed by atoms with van der Waals surface area (Å²) in [7, 11) is 0. The molecule has 0 fully saturated rings. The summed E-state index contributed by atoms with van der Waals surface area (Å²) >= 11 is 1.39. The molecule has 0 aliphatic carbocycles. The van der Waals surface area contributed by atoms with E-state index < -0.39 is 5.97 Å². The van der Waals surface area contributed by atoms with E-state index in [-0.39, 0.29) is 12.5 Å². The predicted molar refractivity (Wildman–Crippen MR) is 62.9 cm³/mol. The lowest BCUT2D eigenvalue weighted by atomic mass is 10.3. The predicted octanol–water partition coefficient (Wildman–Crippen LogP) is 1.99. The van der Waals surface area contributed by atoms with Gasteiger partial charge in [0.2, 0.25) is 0 Å². The average Bonchev–Trinajstić information content (AvgIpc) is 2.62. The third-order valence-corrected chi connectivity index (χ3v) is 3.05. The van der Waals surface area contributed by atoms with Crippen LogP contribution < -0.4 is 0 Å². The topological polar surface area (TPSA) is 57.6 Å². The number of aliphatic carboxylic acids is 1. The van der Waals surface area contributed by atoms with Gasteiger partial charge in [0.15, 0.2) is 0 Å². The molecule has 0 saturated heterocycles. The molecule has 0 aromatic carbocycles. The summed E-state index contributed by atoms with van der Waals surface area (Å²) in [5.74, 6) is -1.17. The van der Waals surface area contributed by atoms with Crippen LogP contribution in [0.15, 0.2) is 12.1 Å². The van der Waals surface area contributed by atoms with Crippen molar-refractivity contribution in [3.05, 3.63) is 21.9 Å². The molecule has 0 aliphatic heterocycles. The minimum atomic E-state index is -0.977. The van der Waals surface area contributed by atoms with Gasteiger partial charge in [-0.05, 0) is 25.5 Å². The lowest BCUT2D eigenvalue weighted by Gasteiger charge is -2.18. The molecule has 0 unspecified atom stereocenters. The summed E-state index contributed by atoms with van der Waals surface area (Å²) in [5.41, 5.74) is 0. The SMILES string of the molecule is CCCN(CC(=O)O)C(=O)c1ccc(C)s1. The Morgan fingerprint density at radius 3 is 2.56 bits per heavy atom. The third-order valence-electron chi connectivity index (χ3n) is 2.06. The van der Waals surface area contributed by atoms with E-state index in [4.69, 9.17) is 5.11 Å². The van der Waals surface area contributed by atoms with E-state index in [9.17, 15) is 9.59 Å². The lowest BCUT2D eigenvalue weighted by molar-refractivity contribution is -0.137. The summed E-state index contributed by atoms with van der Waals surface area (Å²) in [5, 5.41) is 8.72. The Kier molecular flexibility index (Phi) is 4.49. The highest BCUT2D eigenvalue weighted by molar-refractivity contribution is 7.13. The first kappa shape index (κ1) is 12.7. The van der Waals surface area contributed by atoms with E-state index in [1.54, 1.807) is 6.07 Å². The molecule has 4 nitrogen and oxygen atoms in total. The summed E-state index contributed by atoms with van der Waals surface area (Å²) < 4.78 is 0. The van der Waals surface area contributed by atoms with Crippen LogP contribution in [0.25, 0.3) is 0 Å². The number of thiophene rings is 1. The first-order valence-corrected chi connectivity index (χ1v) is 5.93. The molecule has 88 valence electrons. The first-order chi connectivity index (χ1) is 7.54. The highest BCUT2D eigenvalue weighted by Gasteiger charge is 2.18. The van der Waals surface area contributed by atoms with E-state index in [2.05, 4.69) is 0 Å². The van der Waals surface area contributed by atoms with Gasteiger partial charge in [-0.3, -0.25) is 9.59 Å². The monoisotopic (exact) mass is 241 g/mol. The average molecular weight is 241 g/mol. The molecule has 1 rings (SSSR count). The minimum absolute atomic E-state index is 0.192. The van der Waals surface area contributed by atoms with E-state index in [0.717, 1.165) is 11.3 Å². The Balaban J connectivity index is 2.78. The minimum Gasteiger partial charge on any atom is -0.480 e. The van der Waals surface area contributed by atoms with E-state index >= 15 is 0 Å². The van der Waals surface area contributed by atoms with Crippen molar-refractivity contribution in [3.63, 3.8) is 0 Å². The molecule has 0 atom stereocenters. The zero-order chi connectivity index (χ0) is 12.1. The number of hydrogen-bond acceptors (Lipinski definition) is 3. The molecule has 0 aliphatic rings. The summed E-state index contributed by atoms with van der Waals surface area (Å²) in [6.07, 6.45) is 0.753. The van der Waals surface area contributed by atoms with Crippen molar-refractivity contribution >= 4 is 23.2 Å². The molecule has 1 heterocycles. The molecule has 0 radical (unpaired) electrons. The molecule has 16 heavy (non-hydrogen) atoms. The van der Waals surface area contributed by atoms with Gasteiger partial charge >= 0.3 is 5.97 Å². The molecular weight excluding hydrogens is 226 g/mol. The fourth-order valence-corrected chi connectivity index (χ4v) is 2.23. The number of carboxylic acid groups (broad SMARTS) is 1. The van der Waals surface area contributed by atoms with Gasteiger partial charge in [0, 0.05) is 11.4 Å². The number of aryl methyl sites for hydroxylation is 1. The van der Waals surface area contributed by atoms with Crippen LogP contribution >= 0.6 is 11.3 Å². The highest BCUT2D eigenvalue weighted by atomic mass is 32.1. The maximum Gasteiger partial charge on any atom is 0.323 e. The van der Waals surface area contributed by atoms with Crippen molar-refractivity contribution in [2.45, 2.75) is 20.3 Å². The van der Waals surface area contributed by atoms with Crippen LogP contribution in [0.5, 0.6) is 0 Å². The van der Waals surface area contributed by atoms with Crippen molar-refractivity contribution in [1.82, 2.24) is 4.90 Å². The van der Waals surface area contributed by atoms with Crippen molar-refractivity contribution in [1.29, 1.82) is 0 Å². The molecule has 1 aromatic rings. The van der Waals surface area contributed by atoms with Crippen molar-refractivity contribution in [3.8, 4) is 0 Å². The largest absolute Gasteiger partial charge is 0.480 e. The van der Waals surface area contributed by atoms with Crippen LogP contribution in [0.2, 0.25) is 0 Å². The number of carbonyl (C=O) groups is 2. The number of rotatable bonds is 5. The molecular formula is C11H15NO3S. The van der Waals surface area contributed by atoms with Gasteiger partial charge in [0.1, 0.15) is 6.54 Å². The Bertz CT molecular complexity index is 386. The fraction of sp³-hybridized carbons (Fsp3) is 0.455. The van der Waals surface area contributed by atoms with E-state index in [0.29, 0.717) is 11.4 Å². The Hall–Kier alpha value is -1.36. The quantitative estimate of drug-likeness (QED) is 0.857. The van der Waals surface area contributed by atoms with Crippen molar-refractivity contribution < 1.29 is 14.7 Å². The molecule has 0 bridgehead atoms. The van der Waals surface area contributed by atoms with Gasteiger partial charge in [-0.25, -0.2) is 0 Å². The smallest absolute Gasteiger partial charge is 0.323 e. The van der Waals surface area contributed by atoms with Gasteiger partial charge in [-0.1, -0.05) is 6.92 Å². The van der Waals surface area contributed by atoms with Gasteiger partial charge < -0.3 is 10.0 Å². The lowest BCUT2D eigenvalue weighted by Crippen LogP contribution is -2.35. The second-order valence-corrected chi connectivity index (χ2v) is 4.82. The van der Waals surface area contributed by atoms with Gasteiger partial charge in [-0.15, -0.1) is 11.3 Å². The highest BCUT2D eigenvalue weighted by Crippen LogP contribution is 2.17. The Morgan fingerprint density at radius 2 is 2.12 bits per heavy atom. The second kappa shape index (κ2) is 5.65. The van der Waals surface area contributed by atoms with Crippen LogP contribution in [0.4, 0.5) is 0 Å². The fourth-order valence-electron chi connectivity index (χ4n) is 1.39. The molecule has 1 N–H and O–H groups in total. The van der Waals surface area contributed by atoms with Crippen molar-refractivity contribution in [2.75, 3.05) is 13.1 Å². The standard InChI is InChI=1S/C11H15NO3S/c1-3-6-12(7-10(13)14)11(15)9-5-4-8(2)16-9/h4-5H,3,6-7H2,1-2H3,(H,13,14).